The molecule has 1 aromatic carbocycles. The monoisotopic (exact) mass is 342 g/mol. The van der Waals surface area contributed by atoms with E-state index in [1.807, 2.05) is 43.3 Å². The molecular formula is C18H18N2O3S. The normalized spacial score (nSPS) is 19.5. The number of pyridine rings is 1. The summed E-state index contributed by atoms with van der Waals surface area (Å²) in [6.07, 6.45) is 4.19. The first-order valence-corrected chi connectivity index (χ1v) is 8.53. The summed E-state index contributed by atoms with van der Waals surface area (Å²) in [5.41, 5.74) is 2.19. The van der Waals surface area contributed by atoms with E-state index in [-0.39, 0.29) is 5.70 Å². The van der Waals surface area contributed by atoms with Gasteiger partial charge in [-0.05, 0) is 30.2 Å². The van der Waals surface area contributed by atoms with Crippen LogP contribution in [0.5, 0.6) is 5.75 Å². The van der Waals surface area contributed by atoms with Crippen LogP contribution in [0.25, 0.3) is 0 Å². The molecule has 1 aliphatic heterocycles. The largest absolute Gasteiger partial charge is 0.488 e. The number of ether oxygens (including phenoxy) is 1. The Bertz CT molecular complexity index is 764. The lowest BCUT2D eigenvalue weighted by Crippen LogP contribution is -2.36. The Kier molecular flexibility index (Phi) is 4.76. The van der Waals surface area contributed by atoms with Crippen molar-refractivity contribution in [1.29, 1.82) is 0 Å². The zero-order valence-electron chi connectivity index (χ0n) is 13.2. The van der Waals surface area contributed by atoms with Crippen molar-refractivity contribution in [1.82, 2.24) is 10.3 Å². The fraction of sp³-hybridized carbons (Fsp3) is 0.222. The molecule has 1 aliphatic rings. The summed E-state index contributed by atoms with van der Waals surface area (Å²) in [5.74, 6) is -0.204. The van der Waals surface area contributed by atoms with Gasteiger partial charge in [0.05, 0.1) is 0 Å². The second kappa shape index (κ2) is 6.97. The molecule has 0 amide bonds. The molecule has 3 rings (SSSR count). The molecule has 0 aliphatic carbocycles. The quantitative estimate of drug-likeness (QED) is 0.837. The highest BCUT2D eigenvalue weighted by Gasteiger charge is 2.39. The van der Waals surface area contributed by atoms with E-state index >= 15 is 0 Å². The Morgan fingerprint density at radius 2 is 2.04 bits per heavy atom. The zero-order valence-corrected chi connectivity index (χ0v) is 14.0. The SMILES string of the molecule is CCC1(c2ccccc2OCc2ccncc2)NC(C(=O)O)=CS1. The highest BCUT2D eigenvalue weighted by molar-refractivity contribution is 8.03. The summed E-state index contributed by atoms with van der Waals surface area (Å²) in [6.45, 7) is 2.46. The molecule has 0 bridgehead atoms. The Morgan fingerprint density at radius 1 is 1.29 bits per heavy atom. The Labute approximate surface area is 144 Å². The molecule has 5 nitrogen and oxygen atoms in total. The minimum absolute atomic E-state index is 0.214. The summed E-state index contributed by atoms with van der Waals surface area (Å²) in [5, 5.41) is 14.0. The van der Waals surface area contributed by atoms with Crippen molar-refractivity contribution in [3.05, 3.63) is 71.0 Å². The number of hydrogen-bond donors (Lipinski definition) is 2. The van der Waals surface area contributed by atoms with E-state index in [0.717, 1.165) is 23.3 Å². The average Bonchev–Trinajstić information content (AvgIpc) is 3.07. The molecule has 2 heterocycles. The lowest BCUT2D eigenvalue weighted by molar-refractivity contribution is -0.133. The van der Waals surface area contributed by atoms with Crippen molar-refractivity contribution in [3.63, 3.8) is 0 Å². The molecule has 6 heteroatoms. The molecular weight excluding hydrogens is 324 g/mol. The summed E-state index contributed by atoms with van der Waals surface area (Å²) >= 11 is 1.47. The number of nitrogens with one attached hydrogen (secondary N) is 1. The molecule has 0 fully saturated rings. The average molecular weight is 342 g/mol. The van der Waals surface area contributed by atoms with Crippen LogP contribution in [0.4, 0.5) is 0 Å². The van der Waals surface area contributed by atoms with Crippen molar-refractivity contribution in [2.45, 2.75) is 24.8 Å². The maximum atomic E-state index is 11.3. The number of benzene rings is 1. The predicted octanol–water partition coefficient (Wildman–Crippen LogP) is 3.49. The van der Waals surface area contributed by atoms with Gasteiger partial charge in [-0.1, -0.05) is 36.9 Å². The highest BCUT2D eigenvalue weighted by Crippen LogP contribution is 2.46. The highest BCUT2D eigenvalue weighted by atomic mass is 32.2. The van der Waals surface area contributed by atoms with E-state index in [1.54, 1.807) is 17.8 Å². The fourth-order valence-electron chi connectivity index (χ4n) is 2.60. The van der Waals surface area contributed by atoms with Crippen LogP contribution >= 0.6 is 11.8 Å². The van der Waals surface area contributed by atoms with Gasteiger partial charge in [-0.15, -0.1) is 0 Å². The first-order valence-electron chi connectivity index (χ1n) is 7.65. The van der Waals surface area contributed by atoms with Crippen molar-refractivity contribution in [2.75, 3.05) is 0 Å². The van der Waals surface area contributed by atoms with Crippen LogP contribution in [0, 0.1) is 0 Å². The first-order chi connectivity index (χ1) is 11.6. The molecule has 124 valence electrons. The standard InChI is InChI=1S/C18H18N2O3S/c1-2-18(20-15(12-24-18)17(21)22)14-5-3-4-6-16(14)23-11-13-7-9-19-10-8-13/h3-10,12,20H,2,11H2,1H3,(H,21,22). The van der Waals surface area contributed by atoms with Gasteiger partial charge in [-0.25, -0.2) is 4.79 Å². The number of aliphatic carboxylic acids is 1. The molecule has 0 saturated heterocycles. The van der Waals surface area contributed by atoms with Crippen LogP contribution < -0.4 is 10.1 Å². The molecule has 1 unspecified atom stereocenters. The van der Waals surface area contributed by atoms with E-state index in [4.69, 9.17) is 4.74 Å². The summed E-state index contributed by atoms with van der Waals surface area (Å²) in [7, 11) is 0. The van der Waals surface area contributed by atoms with Gasteiger partial charge in [0.1, 0.15) is 22.9 Å². The van der Waals surface area contributed by atoms with Crippen molar-refractivity contribution in [2.24, 2.45) is 0 Å². The zero-order chi connectivity index (χ0) is 17.0. The second-order valence-electron chi connectivity index (χ2n) is 5.40. The van der Waals surface area contributed by atoms with Gasteiger partial charge < -0.3 is 15.2 Å². The van der Waals surface area contributed by atoms with Gasteiger partial charge >= 0.3 is 5.97 Å². The lowest BCUT2D eigenvalue weighted by atomic mass is 10.0. The number of carboxylic acid groups (broad SMARTS) is 1. The van der Waals surface area contributed by atoms with Gasteiger partial charge in [0.15, 0.2) is 0 Å². The first kappa shape index (κ1) is 16.4. The number of nitrogens with zero attached hydrogens (tertiary/aromatic N) is 1. The lowest BCUT2D eigenvalue weighted by Gasteiger charge is -2.30. The van der Waals surface area contributed by atoms with E-state index in [2.05, 4.69) is 10.3 Å². The molecule has 0 spiro atoms. The van der Waals surface area contributed by atoms with E-state index in [1.165, 1.54) is 11.8 Å². The Hall–Kier alpha value is -2.47. The number of aromatic nitrogens is 1. The number of carboxylic acids is 1. The third-order valence-corrected chi connectivity index (χ3v) is 5.28. The van der Waals surface area contributed by atoms with Gasteiger partial charge in [0, 0.05) is 23.4 Å². The molecule has 1 aromatic heterocycles. The van der Waals surface area contributed by atoms with Gasteiger partial charge in [0.25, 0.3) is 0 Å². The molecule has 0 radical (unpaired) electrons. The van der Waals surface area contributed by atoms with Crippen LogP contribution in [-0.2, 0) is 16.3 Å². The van der Waals surface area contributed by atoms with Crippen molar-refractivity contribution in [3.8, 4) is 5.75 Å². The number of rotatable bonds is 6. The number of para-hydroxylation sites is 1. The van der Waals surface area contributed by atoms with Crippen LogP contribution in [-0.4, -0.2) is 16.1 Å². The van der Waals surface area contributed by atoms with Crippen LogP contribution in [0.3, 0.4) is 0 Å². The molecule has 24 heavy (non-hydrogen) atoms. The van der Waals surface area contributed by atoms with Crippen molar-refractivity contribution < 1.29 is 14.6 Å². The molecule has 2 N–H and O–H groups in total. The maximum absolute atomic E-state index is 11.3. The van der Waals surface area contributed by atoms with E-state index in [0.29, 0.717) is 6.61 Å². The third kappa shape index (κ3) is 3.23. The smallest absolute Gasteiger partial charge is 0.352 e. The fourth-order valence-corrected chi connectivity index (χ4v) is 3.71. The molecule has 2 aromatic rings. The topological polar surface area (TPSA) is 71.5 Å². The maximum Gasteiger partial charge on any atom is 0.352 e. The summed E-state index contributed by atoms with van der Waals surface area (Å²) in [6, 6.07) is 11.6. The minimum atomic E-state index is -0.951. The number of carbonyl (C=O) groups is 1. The third-order valence-electron chi connectivity index (χ3n) is 3.91. The minimum Gasteiger partial charge on any atom is -0.488 e. The van der Waals surface area contributed by atoms with Gasteiger partial charge in [-0.3, -0.25) is 4.98 Å². The number of hydrogen-bond acceptors (Lipinski definition) is 5. The van der Waals surface area contributed by atoms with Crippen LogP contribution in [0.15, 0.2) is 59.9 Å². The molecule has 1 atom stereocenters. The van der Waals surface area contributed by atoms with Gasteiger partial charge in [0.2, 0.25) is 0 Å². The number of thioether (sulfide) groups is 1. The van der Waals surface area contributed by atoms with Crippen LogP contribution in [0.1, 0.15) is 24.5 Å². The van der Waals surface area contributed by atoms with Crippen LogP contribution in [0.2, 0.25) is 0 Å². The second-order valence-corrected chi connectivity index (χ2v) is 6.57. The van der Waals surface area contributed by atoms with E-state index < -0.39 is 10.8 Å². The Balaban J connectivity index is 1.84. The van der Waals surface area contributed by atoms with E-state index in [9.17, 15) is 9.90 Å². The van der Waals surface area contributed by atoms with Gasteiger partial charge in [-0.2, -0.15) is 0 Å². The Morgan fingerprint density at radius 3 is 2.71 bits per heavy atom. The summed E-state index contributed by atoms with van der Waals surface area (Å²) < 4.78 is 6.01. The summed E-state index contributed by atoms with van der Waals surface area (Å²) in [4.78, 5) is 14.7. The van der Waals surface area contributed by atoms with Crippen molar-refractivity contribution >= 4 is 17.7 Å². The predicted molar refractivity (Wildman–Crippen MR) is 93.4 cm³/mol. The molecule has 0 saturated carbocycles.